The number of rotatable bonds is 2. The van der Waals surface area contributed by atoms with E-state index in [1.54, 1.807) is 10.6 Å². The molecule has 2 aliphatic heterocycles. The fourth-order valence-electron chi connectivity index (χ4n) is 3.53. The van der Waals surface area contributed by atoms with E-state index >= 15 is 0 Å². The molecule has 0 unspecified atom stereocenters. The number of hydrogen-bond donors (Lipinski definition) is 0. The first kappa shape index (κ1) is 13.1. The van der Waals surface area contributed by atoms with Gasteiger partial charge >= 0.3 is 0 Å². The molecule has 0 radical (unpaired) electrons. The molecule has 98 valence electrons. The van der Waals surface area contributed by atoms with E-state index in [9.17, 15) is 0 Å². The second kappa shape index (κ2) is 5.60. The molecule has 0 bridgehead atoms. The summed E-state index contributed by atoms with van der Waals surface area (Å²) < 4.78 is 0. The average Bonchev–Trinajstić information content (AvgIpc) is 2.98. The number of benzene rings is 1. The molecule has 1 aromatic rings. The zero-order chi connectivity index (χ0) is 12.5. The third kappa shape index (κ3) is 2.39. The van der Waals surface area contributed by atoms with E-state index in [4.69, 9.17) is 0 Å². The van der Waals surface area contributed by atoms with Crippen LogP contribution in [0.3, 0.4) is 0 Å². The third-order valence-electron chi connectivity index (χ3n) is 4.61. The van der Waals surface area contributed by atoms with Gasteiger partial charge in [0.1, 0.15) is 0 Å². The van der Waals surface area contributed by atoms with Crippen molar-refractivity contribution in [3.05, 3.63) is 24.3 Å². The highest BCUT2D eigenvalue weighted by Gasteiger charge is 2.31. The highest BCUT2D eigenvalue weighted by atomic mass is 31.1. The second-order valence-corrected chi connectivity index (χ2v) is 11.4. The third-order valence-corrected chi connectivity index (χ3v) is 11.0. The molecule has 1 aromatic carbocycles. The summed E-state index contributed by atoms with van der Waals surface area (Å²) in [5.74, 6) is 0. The summed E-state index contributed by atoms with van der Waals surface area (Å²) >= 11 is 0. The van der Waals surface area contributed by atoms with Gasteiger partial charge in [-0.1, -0.05) is 54.0 Å². The predicted octanol–water partition coefficient (Wildman–Crippen LogP) is 4.27. The van der Waals surface area contributed by atoms with Gasteiger partial charge in [0.2, 0.25) is 0 Å². The SMILES string of the molecule is C[C@H]1CCC[P@]1c1ccccc1[P@]1CCC[C@@H]1C. The van der Waals surface area contributed by atoms with E-state index < -0.39 is 0 Å². The first-order valence-electron chi connectivity index (χ1n) is 7.39. The van der Waals surface area contributed by atoms with Gasteiger partial charge < -0.3 is 0 Å². The Balaban J connectivity index is 1.94. The van der Waals surface area contributed by atoms with Gasteiger partial charge in [-0.25, -0.2) is 0 Å². The van der Waals surface area contributed by atoms with Gasteiger partial charge in [0.15, 0.2) is 0 Å². The molecular weight excluding hydrogens is 254 g/mol. The fourth-order valence-corrected chi connectivity index (χ4v) is 9.94. The zero-order valence-electron chi connectivity index (χ0n) is 11.6. The van der Waals surface area contributed by atoms with E-state index in [1.807, 2.05) is 0 Å². The van der Waals surface area contributed by atoms with Crippen LogP contribution in [0.4, 0.5) is 0 Å². The van der Waals surface area contributed by atoms with Gasteiger partial charge in [-0.15, -0.1) is 0 Å². The molecule has 0 spiro atoms. The molecule has 0 saturated carbocycles. The van der Waals surface area contributed by atoms with Crippen LogP contribution in [-0.4, -0.2) is 23.6 Å². The van der Waals surface area contributed by atoms with E-state index in [-0.39, 0.29) is 15.8 Å². The van der Waals surface area contributed by atoms with Crippen molar-refractivity contribution in [2.24, 2.45) is 0 Å². The van der Waals surface area contributed by atoms with E-state index in [0.717, 1.165) is 11.3 Å². The average molecular weight is 278 g/mol. The van der Waals surface area contributed by atoms with Crippen molar-refractivity contribution in [3.8, 4) is 0 Å². The molecule has 0 nitrogen and oxygen atoms in total. The summed E-state index contributed by atoms with van der Waals surface area (Å²) in [6.45, 7) is 4.97. The molecule has 0 amide bonds. The molecule has 2 fully saturated rings. The highest BCUT2D eigenvalue weighted by molar-refractivity contribution is 7.72. The smallest absolute Gasteiger partial charge is 0.0161 e. The summed E-state index contributed by atoms with van der Waals surface area (Å²) in [7, 11) is 0.318. The molecule has 0 aliphatic carbocycles. The molecule has 0 aromatic heterocycles. The van der Waals surface area contributed by atoms with Gasteiger partial charge in [-0.3, -0.25) is 0 Å². The maximum Gasteiger partial charge on any atom is -0.0161 e. The lowest BCUT2D eigenvalue weighted by atomic mass is 10.3. The topological polar surface area (TPSA) is 0 Å². The lowest BCUT2D eigenvalue weighted by Gasteiger charge is -2.25. The Hall–Kier alpha value is 0.0800. The monoisotopic (exact) mass is 278 g/mol. The Morgan fingerprint density at radius 2 is 1.28 bits per heavy atom. The van der Waals surface area contributed by atoms with Crippen LogP contribution >= 0.6 is 15.8 Å². The van der Waals surface area contributed by atoms with Crippen LogP contribution in [0.1, 0.15) is 39.5 Å². The van der Waals surface area contributed by atoms with E-state index in [1.165, 1.54) is 38.0 Å². The van der Waals surface area contributed by atoms with Crippen LogP contribution in [0.5, 0.6) is 0 Å². The van der Waals surface area contributed by atoms with E-state index in [0.29, 0.717) is 0 Å². The van der Waals surface area contributed by atoms with Crippen LogP contribution in [0, 0.1) is 0 Å². The lowest BCUT2D eigenvalue weighted by molar-refractivity contribution is 0.836. The van der Waals surface area contributed by atoms with Gasteiger partial charge in [0, 0.05) is 0 Å². The van der Waals surface area contributed by atoms with Crippen molar-refractivity contribution in [1.29, 1.82) is 0 Å². The summed E-state index contributed by atoms with van der Waals surface area (Å²) in [6, 6.07) is 9.50. The Bertz CT molecular complexity index is 376. The molecule has 2 aliphatic rings. The molecule has 2 heterocycles. The van der Waals surface area contributed by atoms with Crippen molar-refractivity contribution in [3.63, 3.8) is 0 Å². The Kier molecular flexibility index (Phi) is 4.07. The predicted molar refractivity (Wildman–Crippen MR) is 86.7 cm³/mol. The zero-order valence-corrected chi connectivity index (χ0v) is 13.4. The Morgan fingerprint density at radius 3 is 1.61 bits per heavy atom. The lowest BCUT2D eigenvalue weighted by Crippen LogP contribution is -2.25. The second-order valence-electron chi connectivity index (χ2n) is 5.86. The Labute approximate surface area is 114 Å². The summed E-state index contributed by atoms with van der Waals surface area (Å²) in [6.07, 6.45) is 8.85. The maximum atomic E-state index is 2.49. The largest absolute Gasteiger partial charge is 0.0717 e. The van der Waals surface area contributed by atoms with Crippen molar-refractivity contribution in [2.45, 2.75) is 50.8 Å². The Morgan fingerprint density at radius 1 is 0.833 bits per heavy atom. The summed E-state index contributed by atoms with van der Waals surface area (Å²) in [4.78, 5) is 0. The molecular formula is C16H24P2. The standard InChI is InChI=1S/C16H24P2/c1-13-7-5-11-17(13)15-9-3-4-10-16(15)18-12-6-8-14(18)2/h3-4,9-10,13-14H,5-8,11-12H2,1-2H3/t13-,14-,17-,18+/m0/s1. The van der Waals surface area contributed by atoms with Gasteiger partial charge in [-0.2, -0.15) is 0 Å². The molecule has 3 rings (SSSR count). The minimum Gasteiger partial charge on any atom is -0.0717 e. The first-order valence-corrected chi connectivity index (χ1v) is 10.6. The molecule has 2 heteroatoms. The normalized spacial score (nSPS) is 36.1. The highest BCUT2D eigenvalue weighted by Crippen LogP contribution is 2.53. The van der Waals surface area contributed by atoms with Crippen LogP contribution in [0.15, 0.2) is 24.3 Å². The van der Waals surface area contributed by atoms with Gasteiger partial charge in [-0.05, 0) is 59.9 Å². The van der Waals surface area contributed by atoms with Gasteiger partial charge in [0.05, 0.1) is 0 Å². The van der Waals surface area contributed by atoms with Crippen molar-refractivity contribution < 1.29 is 0 Å². The van der Waals surface area contributed by atoms with Crippen LogP contribution < -0.4 is 10.6 Å². The minimum atomic E-state index is 0.159. The fraction of sp³-hybridized carbons (Fsp3) is 0.625. The quantitative estimate of drug-likeness (QED) is 0.709. The van der Waals surface area contributed by atoms with Crippen LogP contribution in [-0.2, 0) is 0 Å². The minimum absolute atomic E-state index is 0.159. The molecule has 4 atom stereocenters. The summed E-state index contributed by atoms with van der Waals surface area (Å²) in [5, 5.41) is 3.58. The first-order chi connectivity index (χ1) is 8.77. The van der Waals surface area contributed by atoms with Gasteiger partial charge in [0.25, 0.3) is 0 Å². The number of hydrogen-bond acceptors (Lipinski definition) is 0. The molecule has 18 heavy (non-hydrogen) atoms. The molecule has 0 N–H and O–H groups in total. The summed E-state index contributed by atoms with van der Waals surface area (Å²) in [5.41, 5.74) is 1.93. The van der Waals surface area contributed by atoms with Crippen LogP contribution in [0.25, 0.3) is 0 Å². The van der Waals surface area contributed by atoms with Crippen molar-refractivity contribution in [2.75, 3.05) is 12.3 Å². The maximum absolute atomic E-state index is 2.49. The van der Waals surface area contributed by atoms with Crippen molar-refractivity contribution in [1.82, 2.24) is 0 Å². The van der Waals surface area contributed by atoms with E-state index in [2.05, 4.69) is 38.1 Å². The molecule has 2 saturated heterocycles. The van der Waals surface area contributed by atoms with Crippen molar-refractivity contribution >= 4 is 26.5 Å². The van der Waals surface area contributed by atoms with Crippen LogP contribution in [0.2, 0.25) is 0 Å².